The van der Waals surface area contributed by atoms with Gasteiger partial charge in [-0.1, -0.05) is 76.9 Å². The van der Waals surface area contributed by atoms with Gasteiger partial charge in [-0.25, -0.2) is 0 Å². The minimum atomic E-state index is -1.63. The zero-order valence-corrected chi connectivity index (χ0v) is 17.8. The highest BCUT2D eigenvalue weighted by Crippen LogP contribution is 2.22. The summed E-state index contributed by atoms with van der Waals surface area (Å²) >= 11 is 0. The Balaban J connectivity index is 0. The number of carbonyl (C=O) groups is 1. The summed E-state index contributed by atoms with van der Waals surface area (Å²) in [4.78, 5) is 10.4. The van der Waals surface area contributed by atoms with Crippen molar-refractivity contribution in [1.29, 1.82) is 0 Å². The maximum Gasteiger partial charge on any atom is 0.293 e. The van der Waals surface area contributed by atoms with Gasteiger partial charge in [0.05, 0.1) is 0 Å². The van der Waals surface area contributed by atoms with E-state index in [1.807, 2.05) is 0 Å². The molecule has 0 aromatic heterocycles. The fourth-order valence-electron chi connectivity index (χ4n) is 3.08. The molecule has 5 heteroatoms. The standard InChI is InChI=1S/C22H42O4.H3N/c1-3-4-5-6-7-8-9-10-11-12-13-14-15-16-17-18-19-22(2,21(24)25)26-20-23;/h10-11,20-21,24-25H,3-9,12-19H2,1-2H3;1H3/b11-10-;. The first kappa shape index (κ1) is 28.3. The van der Waals surface area contributed by atoms with Crippen molar-refractivity contribution in [3.63, 3.8) is 0 Å². The molecule has 0 radical (unpaired) electrons. The molecular weight excluding hydrogens is 342 g/mol. The predicted molar refractivity (Wildman–Crippen MR) is 113 cm³/mol. The van der Waals surface area contributed by atoms with Crippen LogP contribution in [0.5, 0.6) is 0 Å². The van der Waals surface area contributed by atoms with E-state index in [4.69, 9.17) is 4.74 Å². The first-order valence-electron chi connectivity index (χ1n) is 10.7. The van der Waals surface area contributed by atoms with E-state index in [2.05, 4.69) is 19.1 Å². The number of allylic oxidation sites excluding steroid dienone is 2. The van der Waals surface area contributed by atoms with E-state index in [-0.39, 0.29) is 6.15 Å². The van der Waals surface area contributed by atoms with Gasteiger partial charge >= 0.3 is 0 Å². The van der Waals surface area contributed by atoms with Crippen LogP contribution in [0.4, 0.5) is 0 Å². The molecule has 0 aromatic rings. The van der Waals surface area contributed by atoms with Crippen LogP contribution < -0.4 is 6.15 Å². The minimum absolute atomic E-state index is 0. The van der Waals surface area contributed by atoms with Gasteiger partial charge < -0.3 is 21.1 Å². The van der Waals surface area contributed by atoms with Crippen LogP contribution in [-0.2, 0) is 9.53 Å². The normalized spacial score (nSPS) is 13.5. The molecule has 5 N–H and O–H groups in total. The lowest BCUT2D eigenvalue weighted by Crippen LogP contribution is -2.41. The van der Waals surface area contributed by atoms with E-state index in [1.54, 1.807) is 6.92 Å². The van der Waals surface area contributed by atoms with Crippen LogP contribution in [0.2, 0.25) is 0 Å². The first-order chi connectivity index (χ1) is 12.6. The molecule has 27 heavy (non-hydrogen) atoms. The van der Waals surface area contributed by atoms with Gasteiger partial charge in [0.1, 0.15) is 0 Å². The van der Waals surface area contributed by atoms with Gasteiger partial charge in [0.25, 0.3) is 6.47 Å². The molecule has 0 heterocycles. The fourth-order valence-corrected chi connectivity index (χ4v) is 3.08. The number of aliphatic hydroxyl groups excluding tert-OH is 1. The van der Waals surface area contributed by atoms with Crippen molar-refractivity contribution in [2.45, 2.75) is 122 Å². The summed E-state index contributed by atoms with van der Waals surface area (Å²) in [5.41, 5.74) is -1.18. The molecule has 0 aliphatic heterocycles. The van der Waals surface area contributed by atoms with Crippen molar-refractivity contribution in [2.24, 2.45) is 0 Å². The molecule has 162 valence electrons. The summed E-state index contributed by atoms with van der Waals surface area (Å²) in [5.74, 6) is 0. The molecular formula is C22H45NO4. The highest BCUT2D eigenvalue weighted by atomic mass is 16.6. The number of hydrogen-bond acceptors (Lipinski definition) is 5. The zero-order chi connectivity index (χ0) is 19.5. The maximum atomic E-state index is 10.4. The lowest BCUT2D eigenvalue weighted by molar-refractivity contribution is -0.199. The van der Waals surface area contributed by atoms with Crippen molar-refractivity contribution in [3.8, 4) is 0 Å². The van der Waals surface area contributed by atoms with Gasteiger partial charge in [-0.05, 0) is 45.4 Å². The second-order valence-corrected chi connectivity index (χ2v) is 7.59. The van der Waals surface area contributed by atoms with Crippen molar-refractivity contribution < 1.29 is 19.7 Å². The molecule has 0 spiro atoms. The second-order valence-electron chi connectivity index (χ2n) is 7.59. The molecule has 1 unspecified atom stereocenters. The molecule has 0 amide bonds. The Labute approximate surface area is 167 Å². The summed E-state index contributed by atoms with van der Waals surface area (Å²) in [6.07, 6.45) is 20.8. The molecule has 0 fully saturated rings. The van der Waals surface area contributed by atoms with Crippen molar-refractivity contribution in [3.05, 3.63) is 12.2 Å². The summed E-state index contributed by atoms with van der Waals surface area (Å²) < 4.78 is 4.83. The van der Waals surface area contributed by atoms with Crippen molar-refractivity contribution >= 4 is 6.47 Å². The summed E-state index contributed by atoms with van der Waals surface area (Å²) in [7, 11) is 0. The monoisotopic (exact) mass is 387 g/mol. The fraction of sp³-hybridized carbons (Fsp3) is 0.864. The van der Waals surface area contributed by atoms with Gasteiger partial charge in [0.2, 0.25) is 0 Å². The number of unbranched alkanes of at least 4 members (excludes halogenated alkanes) is 12. The van der Waals surface area contributed by atoms with E-state index in [0.29, 0.717) is 12.9 Å². The zero-order valence-electron chi connectivity index (χ0n) is 17.8. The van der Waals surface area contributed by atoms with Gasteiger partial charge in [0, 0.05) is 0 Å². The number of carbonyl (C=O) groups excluding carboxylic acids is 1. The van der Waals surface area contributed by atoms with Crippen LogP contribution in [-0.4, -0.2) is 28.6 Å². The number of aliphatic hydroxyl groups is 2. The van der Waals surface area contributed by atoms with E-state index in [0.717, 1.165) is 19.3 Å². The van der Waals surface area contributed by atoms with Gasteiger partial charge in [-0.3, -0.25) is 4.79 Å². The van der Waals surface area contributed by atoms with Crippen LogP contribution in [0.25, 0.3) is 0 Å². The molecule has 0 aromatic carbocycles. The van der Waals surface area contributed by atoms with Crippen LogP contribution in [0, 0.1) is 0 Å². The van der Waals surface area contributed by atoms with Gasteiger partial charge in [-0.15, -0.1) is 0 Å². The molecule has 0 bridgehead atoms. The van der Waals surface area contributed by atoms with Crippen LogP contribution in [0.3, 0.4) is 0 Å². The smallest absolute Gasteiger partial charge is 0.293 e. The highest BCUT2D eigenvalue weighted by molar-refractivity contribution is 5.38. The van der Waals surface area contributed by atoms with E-state index in [1.165, 1.54) is 70.6 Å². The molecule has 0 aliphatic carbocycles. The van der Waals surface area contributed by atoms with Crippen LogP contribution in [0.1, 0.15) is 110 Å². The molecule has 1 atom stereocenters. The van der Waals surface area contributed by atoms with Gasteiger partial charge in [-0.2, -0.15) is 0 Å². The van der Waals surface area contributed by atoms with Crippen molar-refractivity contribution in [2.75, 3.05) is 0 Å². The molecule has 0 saturated carbocycles. The van der Waals surface area contributed by atoms with Crippen molar-refractivity contribution in [1.82, 2.24) is 6.15 Å². The SMILES string of the molecule is CCCCCCCC/C=C\CCCCCCCCC(C)(OC=O)C(O)O.N. The Morgan fingerprint density at radius 3 is 1.70 bits per heavy atom. The Hall–Kier alpha value is -0.910. The Morgan fingerprint density at radius 2 is 1.26 bits per heavy atom. The average molecular weight is 388 g/mol. The molecule has 0 aliphatic rings. The van der Waals surface area contributed by atoms with Gasteiger partial charge in [0.15, 0.2) is 11.9 Å². The number of hydrogen-bond donors (Lipinski definition) is 3. The molecule has 0 saturated heterocycles. The van der Waals surface area contributed by atoms with E-state index in [9.17, 15) is 15.0 Å². The van der Waals surface area contributed by atoms with E-state index < -0.39 is 11.9 Å². The molecule has 5 nitrogen and oxygen atoms in total. The summed E-state index contributed by atoms with van der Waals surface area (Å²) in [6.45, 7) is 4.11. The summed E-state index contributed by atoms with van der Waals surface area (Å²) in [5, 5.41) is 18.6. The third-order valence-electron chi connectivity index (χ3n) is 5.05. The van der Waals surface area contributed by atoms with Crippen LogP contribution in [0.15, 0.2) is 12.2 Å². The first-order valence-corrected chi connectivity index (χ1v) is 10.7. The lowest BCUT2D eigenvalue weighted by Gasteiger charge is -2.29. The van der Waals surface area contributed by atoms with Crippen LogP contribution >= 0.6 is 0 Å². The second kappa shape index (κ2) is 19.8. The number of ether oxygens (including phenoxy) is 1. The quantitative estimate of drug-likeness (QED) is 0.112. The summed E-state index contributed by atoms with van der Waals surface area (Å²) in [6, 6.07) is 0. The molecule has 0 rings (SSSR count). The average Bonchev–Trinajstić information content (AvgIpc) is 2.61. The topological polar surface area (TPSA) is 102 Å². The largest absolute Gasteiger partial charge is 0.456 e. The highest BCUT2D eigenvalue weighted by Gasteiger charge is 2.33. The van der Waals surface area contributed by atoms with E-state index >= 15 is 0 Å². The lowest BCUT2D eigenvalue weighted by atomic mass is 9.96. The Bertz CT molecular complexity index is 347. The Morgan fingerprint density at radius 1 is 0.815 bits per heavy atom. The Kier molecular flexibility index (Phi) is 20.8. The number of rotatable bonds is 19. The third-order valence-corrected chi connectivity index (χ3v) is 5.05. The maximum absolute atomic E-state index is 10.4. The predicted octanol–water partition coefficient (Wildman–Crippen LogP) is 5.82. The third kappa shape index (κ3) is 17.0. The minimum Gasteiger partial charge on any atom is -0.456 e.